The topological polar surface area (TPSA) is 72.1 Å². The zero-order chi connectivity index (χ0) is 10.8. The number of aromatic nitrogens is 2. The van der Waals surface area contributed by atoms with Crippen LogP contribution in [0.3, 0.4) is 0 Å². The number of hydrogen-bond donors (Lipinski definition) is 1. The van der Waals surface area contributed by atoms with Crippen LogP contribution in [0.5, 0.6) is 0 Å². The molecule has 0 aromatic carbocycles. The minimum absolute atomic E-state index is 0.0661. The number of carbonyl (C=O) groups excluding carboxylic acids is 1. The van der Waals surface area contributed by atoms with Crippen molar-refractivity contribution in [3.05, 3.63) is 17.7 Å². The van der Waals surface area contributed by atoms with Gasteiger partial charge in [0.15, 0.2) is 0 Å². The number of rotatable bonds is 2. The Balaban J connectivity index is 2.18. The first kappa shape index (κ1) is 10.3. The SMILES string of the molecule is NCC1CC(=O)N(c2cnc(Cl)nc2)C1. The third-order valence-corrected chi connectivity index (χ3v) is 2.65. The lowest BCUT2D eigenvalue weighted by Gasteiger charge is -2.15. The van der Waals surface area contributed by atoms with Gasteiger partial charge in [-0.15, -0.1) is 0 Å². The van der Waals surface area contributed by atoms with Crippen molar-refractivity contribution < 1.29 is 4.79 Å². The zero-order valence-corrected chi connectivity index (χ0v) is 8.81. The molecular weight excluding hydrogens is 216 g/mol. The Morgan fingerprint density at radius 1 is 1.53 bits per heavy atom. The van der Waals surface area contributed by atoms with E-state index in [-0.39, 0.29) is 17.1 Å². The molecule has 1 fully saturated rings. The lowest BCUT2D eigenvalue weighted by Crippen LogP contribution is -2.25. The monoisotopic (exact) mass is 226 g/mol. The molecular formula is C9H11ClN4O. The molecule has 1 aromatic heterocycles. The summed E-state index contributed by atoms with van der Waals surface area (Å²) in [5.74, 6) is 0.296. The van der Waals surface area contributed by atoms with Crippen molar-refractivity contribution in [2.24, 2.45) is 11.7 Å². The van der Waals surface area contributed by atoms with E-state index in [0.717, 1.165) is 0 Å². The Hall–Kier alpha value is -1.20. The number of carbonyl (C=O) groups is 1. The van der Waals surface area contributed by atoms with Gasteiger partial charge in [0.05, 0.1) is 18.1 Å². The molecule has 1 aromatic rings. The summed E-state index contributed by atoms with van der Waals surface area (Å²) in [6, 6.07) is 0. The Kier molecular flexibility index (Phi) is 2.83. The maximum absolute atomic E-state index is 11.6. The first-order valence-electron chi connectivity index (χ1n) is 4.68. The minimum atomic E-state index is 0.0661. The smallest absolute Gasteiger partial charge is 0.227 e. The molecule has 6 heteroatoms. The maximum atomic E-state index is 11.6. The van der Waals surface area contributed by atoms with E-state index in [4.69, 9.17) is 17.3 Å². The number of nitrogens with two attached hydrogens (primary N) is 1. The lowest BCUT2D eigenvalue weighted by atomic mass is 10.1. The molecule has 2 heterocycles. The largest absolute Gasteiger partial charge is 0.330 e. The van der Waals surface area contributed by atoms with Crippen molar-refractivity contribution in [3.8, 4) is 0 Å². The highest BCUT2D eigenvalue weighted by Crippen LogP contribution is 2.23. The van der Waals surface area contributed by atoms with Gasteiger partial charge in [0.2, 0.25) is 11.2 Å². The number of halogens is 1. The van der Waals surface area contributed by atoms with Crippen LogP contribution in [0.1, 0.15) is 6.42 Å². The Bertz CT molecular complexity index is 367. The van der Waals surface area contributed by atoms with Gasteiger partial charge in [0.1, 0.15) is 0 Å². The molecule has 80 valence electrons. The van der Waals surface area contributed by atoms with E-state index in [1.165, 1.54) is 0 Å². The summed E-state index contributed by atoms with van der Waals surface area (Å²) in [6.07, 6.45) is 3.59. The van der Waals surface area contributed by atoms with E-state index >= 15 is 0 Å². The summed E-state index contributed by atoms with van der Waals surface area (Å²) in [5.41, 5.74) is 6.21. The van der Waals surface area contributed by atoms with Crippen molar-refractivity contribution in [3.63, 3.8) is 0 Å². The van der Waals surface area contributed by atoms with Crippen LogP contribution in [0.25, 0.3) is 0 Å². The van der Waals surface area contributed by atoms with Gasteiger partial charge in [-0.05, 0) is 24.1 Å². The van der Waals surface area contributed by atoms with Crippen LogP contribution < -0.4 is 10.6 Å². The third kappa shape index (κ3) is 2.08. The summed E-state index contributed by atoms with van der Waals surface area (Å²) in [7, 11) is 0. The second kappa shape index (κ2) is 4.12. The van der Waals surface area contributed by atoms with E-state index < -0.39 is 0 Å². The Labute approximate surface area is 92.3 Å². The molecule has 5 nitrogen and oxygen atoms in total. The van der Waals surface area contributed by atoms with E-state index in [9.17, 15) is 4.79 Å². The van der Waals surface area contributed by atoms with E-state index in [1.54, 1.807) is 17.3 Å². The van der Waals surface area contributed by atoms with E-state index in [1.807, 2.05) is 0 Å². The van der Waals surface area contributed by atoms with Crippen molar-refractivity contribution in [2.45, 2.75) is 6.42 Å². The highest BCUT2D eigenvalue weighted by Gasteiger charge is 2.29. The third-order valence-electron chi connectivity index (χ3n) is 2.46. The molecule has 0 bridgehead atoms. The molecule has 1 saturated heterocycles. The van der Waals surface area contributed by atoms with Crippen LogP contribution in [-0.2, 0) is 4.79 Å². The van der Waals surface area contributed by atoms with Gasteiger partial charge in [0.25, 0.3) is 0 Å². The van der Waals surface area contributed by atoms with Crippen LogP contribution in [0.4, 0.5) is 5.69 Å². The fourth-order valence-electron chi connectivity index (χ4n) is 1.63. The molecule has 1 unspecified atom stereocenters. The van der Waals surface area contributed by atoms with Crippen molar-refractivity contribution in [1.29, 1.82) is 0 Å². The van der Waals surface area contributed by atoms with Crippen LogP contribution in [0.2, 0.25) is 5.28 Å². The molecule has 0 radical (unpaired) electrons. The quantitative estimate of drug-likeness (QED) is 0.743. The van der Waals surface area contributed by atoms with Crippen molar-refractivity contribution in [1.82, 2.24) is 9.97 Å². The molecule has 1 aliphatic rings. The number of hydrogen-bond acceptors (Lipinski definition) is 4. The molecule has 0 spiro atoms. The molecule has 15 heavy (non-hydrogen) atoms. The van der Waals surface area contributed by atoms with Crippen molar-refractivity contribution in [2.75, 3.05) is 18.0 Å². The highest BCUT2D eigenvalue weighted by atomic mass is 35.5. The highest BCUT2D eigenvalue weighted by molar-refractivity contribution is 6.28. The molecule has 1 aliphatic heterocycles. The standard InChI is InChI=1S/C9H11ClN4O/c10-9-12-3-7(4-13-9)14-5-6(2-11)1-8(14)15/h3-4,6H,1-2,5,11H2. The van der Waals surface area contributed by atoms with Crippen molar-refractivity contribution >= 4 is 23.2 Å². The molecule has 1 amide bonds. The second-order valence-electron chi connectivity index (χ2n) is 3.52. The number of nitrogens with zero attached hydrogens (tertiary/aromatic N) is 3. The lowest BCUT2D eigenvalue weighted by molar-refractivity contribution is -0.117. The van der Waals surface area contributed by atoms with Crippen LogP contribution in [0, 0.1) is 5.92 Å². The van der Waals surface area contributed by atoms with Crippen LogP contribution in [0.15, 0.2) is 12.4 Å². The van der Waals surface area contributed by atoms with Crippen LogP contribution >= 0.6 is 11.6 Å². The predicted molar refractivity (Wildman–Crippen MR) is 56.6 cm³/mol. The Morgan fingerprint density at radius 2 is 2.20 bits per heavy atom. The molecule has 0 aliphatic carbocycles. The number of anilines is 1. The summed E-state index contributed by atoms with van der Waals surface area (Å²) in [4.78, 5) is 20.9. The van der Waals surface area contributed by atoms with Gasteiger partial charge < -0.3 is 10.6 Å². The molecule has 2 N–H and O–H groups in total. The van der Waals surface area contributed by atoms with Crippen LogP contribution in [-0.4, -0.2) is 29.0 Å². The summed E-state index contributed by atoms with van der Waals surface area (Å²) in [6.45, 7) is 1.16. The summed E-state index contributed by atoms with van der Waals surface area (Å²) < 4.78 is 0. The van der Waals surface area contributed by atoms with Gasteiger partial charge in [-0.25, -0.2) is 9.97 Å². The van der Waals surface area contributed by atoms with E-state index in [2.05, 4.69) is 9.97 Å². The average Bonchev–Trinajstić information content (AvgIpc) is 2.61. The minimum Gasteiger partial charge on any atom is -0.330 e. The first-order valence-corrected chi connectivity index (χ1v) is 5.06. The van der Waals surface area contributed by atoms with Gasteiger partial charge >= 0.3 is 0 Å². The summed E-state index contributed by atoms with van der Waals surface area (Å²) in [5, 5.41) is 0.181. The normalized spacial score (nSPS) is 21.1. The van der Waals surface area contributed by atoms with Gasteiger partial charge in [-0.3, -0.25) is 4.79 Å². The van der Waals surface area contributed by atoms with Gasteiger partial charge in [-0.1, -0.05) is 0 Å². The van der Waals surface area contributed by atoms with E-state index in [0.29, 0.717) is 25.2 Å². The predicted octanol–water partition coefficient (Wildman–Crippen LogP) is 0.442. The second-order valence-corrected chi connectivity index (χ2v) is 3.86. The molecule has 1 atom stereocenters. The molecule has 2 rings (SSSR count). The molecule has 0 saturated carbocycles. The van der Waals surface area contributed by atoms with Gasteiger partial charge in [-0.2, -0.15) is 0 Å². The average molecular weight is 227 g/mol. The fourth-order valence-corrected chi connectivity index (χ4v) is 1.73. The first-order chi connectivity index (χ1) is 7.20. The summed E-state index contributed by atoms with van der Waals surface area (Å²) >= 11 is 5.57. The van der Waals surface area contributed by atoms with Gasteiger partial charge in [0, 0.05) is 13.0 Å². The fraction of sp³-hybridized carbons (Fsp3) is 0.444. The number of amides is 1. The maximum Gasteiger partial charge on any atom is 0.227 e. The zero-order valence-electron chi connectivity index (χ0n) is 8.06. The Morgan fingerprint density at radius 3 is 2.73 bits per heavy atom.